The molecule has 1 unspecified atom stereocenters. The molecular weight excluding hydrogens is 301 g/mol. The molecule has 1 N–H and O–H groups in total. The van der Waals surface area contributed by atoms with Gasteiger partial charge in [-0.1, -0.05) is 12.1 Å². The number of carbonyl (C=O) groups is 1. The first-order valence-electron chi connectivity index (χ1n) is 7.17. The lowest BCUT2D eigenvalue weighted by atomic mass is 10.0. The Morgan fingerprint density at radius 3 is 2.35 bits per heavy atom. The summed E-state index contributed by atoms with van der Waals surface area (Å²) in [6, 6.07) is 8.50. The Labute approximate surface area is 134 Å². The van der Waals surface area contributed by atoms with Crippen molar-refractivity contribution < 1.29 is 23.1 Å². The molecule has 1 aromatic carbocycles. The number of benzene rings is 1. The number of ether oxygens (including phenoxy) is 2. The molecule has 2 rings (SSSR count). The summed E-state index contributed by atoms with van der Waals surface area (Å²) in [6.45, 7) is 5.32. The summed E-state index contributed by atoms with van der Waals surface area (Å²) in [7, 11) is 1.48. The molecule has 1 heterocycles. The fourth-order valence-electron chi connectivity index (χ4n) is 2.00. The molecule has 0 saturated heterocycles. The average molecular weight is 321 g/mol. The minimum Gasteiger partial charge on any atom is -0.468 e. The molecule has 0 aliphatic rings. The molecule has 0 saturated carbocycles. The van der Waals surface area contributed by atoms with E-state index in [1.54, 1.807) is 45.0 Å². The molecular formula is C17H20FNO4. The number of methoxy groups -OCH3 is 1. The second-order valence-corrected chi connectivity index (χ2v) is 5.99. The highest BCUT2D eigenvalue weighted by Gasteiger charge is 2.24. The third-order valence-corrected chi connectivity index (χ3v) is 2.95. The van der Waals surface area contributed by atoms with Crippen molar-refractivity contribution in [1.82, 2.24) is 5.32 Å². The Balaban J connectivity index is 2.27. The van der Waals surface area contributed by atoms with Crippen LogP contribution in [-0.2, 0) is 4.74 Å². The van der Waals surface area contributed by atoms with E-state index in [4.69, 9.17) is 13.9 Å². The predicted octanol–water partition coefficient (Wildman–Crippen LogP) is 4.04. The van der Waals surface area contributed by atoms with Gasteiger partial charge in [0.15, 0.2) is 0 Å². The van der Waals surface area contributed by atoms with Gasteiger partial charge >= 0.3 is 6.09 Å². The molecule has 0 fully saturated rings. The van der Waals surface area contributed by atoms with Gasteiger partial charge in [0.05, 0.1) is 7.11 Å². The van der Waals surface area contributed by atoms with Gasteiger partial charge in [-0.3, -0.25) is 0 Å². The quantitative estimate of drug-likeness (QED) is 0.923. The molecule has 5 nitrogen and oxygen atoms in total. The molecule has 1 atom stereocenters. The van der Waals surface area contributed by atoms with Crippen LogP contribution in [0.1, 0.15) is 38.1 Å². The summed E-state index contributed by atoms with van der Waals surface area (Å²) >= 11 is 0. The zero-order valence-electron chi connectivity index (χ0n) is 13.6. The lowest BCUT2D eigenvalue weighted by Crippen LogP contribution is -2.35. The number of alkyl carbamates (subject to hydrolysis) is 1. The summed E-state index contributed by atoms with van der Waals surface area (Å²) < 4.78 is 29.0. The topological polar surface area (TPSA) is 60.7 Å². The Morgan fingerprint density at radius 1 is 1.17 bits per heavy atom. The van der Waals surface area contributed by atoms with E-state index < -0.39 is 17.7 Å². The maximum absolute atomic E-state index is 13.1. The smallest absolute Gasteiger partial charge is 0.408 e. The fraction of sp³-hybridized carbons (Fsp3) is 0.353. The van der Waals surface area contributed by atoms with E-state index in [1.807, 2.05) is 0 Å². The van der Waals surface area contributed by atoms with Crippen molar-refractivity contribution in [2.75, 3.05) is 7.11 Å². The highest BCUT2D eigenvalue weighted by molar-refractivity contribution is 5.69. The highest BCUT2D eigenvalue weighted by Crippen LogP contribution is 2.27. The van der Waals surface area contributed by atoms with Crippen LogP contribution in [0.5, 0.6) is 5.95 Å². The van der Waals surface area contributed by atoms with Gasteiger partial charge in [-0.25, -0.2) is 9.18 Å². The van der Waals surface area contributed by atoms with E-state index in [0.29, 0.717) is 17.3 Å². The zero-order valence-corrected chi connectivity index (χ0v) is 13.6. The van der Waals surface area contributed by atoms with Crippen molar-refractivity contribution in [1.29, 1.82) is 0 Å². The standard InChI is InChI=1S/C17H20FNO4/c1-17(2,3)23-16(20)19-15(11-5-7-12(18)8-6-11)13-9-10-14(21-4)22-13/h5-10,15H,1-4H3,(H,19,20). The second kappa shape index (κ2) is 6.73. The Morgan fingerprint density at radius 2 is 1.83 bits per heavy atom. The van der Waals surface area contributed by atoms with E-state index in [-0.39, 0.29) is 5.82 Å². The van der Waals surface area contributed by atoms with Crippen LogP contribution in [0.15, 0.2) is 40.8 Å². The van der Waals surface area contributed by atoms with E-state index in [9.17, 15) is 9.18 Å². The first kappa shape index (κ1) is 16.9. The summed E-state index contributed by atoms with van der Waals surface area (Å²) in [6.07, 6.45) is -0.595. The largest absolute Gasteiger partial charge is 0.468 e. The van der Waals surface area contributed by atoms with Crippen LogP contribution < -0.4 is 10.1 Å². The number of carbonyl (C=O) groups excluding carboxylic acids is 1. The van der Waals surface area contributed by atoms with Crippen molar-refractivity contribution in [3.05, 3.63) is 53.5 Å². The van der Waals surface area contributed by atoms with Crippen LogP contribution in [0.3, 0.4) is 0 Å². The minimum absolute atomic E-state index is 0.318. The van der Waals surface area contributed by atoms with Crippen molar-refractivity contribution >= 4 is 6.09 Å². The van der Waals surface area contributed by atoms with Crippen molar-refractivity contribution in [2.24, 2.45) is 0 Å². The Bertz CT molecular complexity index is 658. The van der Waals surface area contributed by atoms with Gasteiger partial charge in [-0.05, 0) is 44.5 Å². The molecule has 0 bridgehead atoms. The molecule has 0 radical (unpaired) electrons. The molecule has 0 spiro atoms. The van der Waals surface area contributed by atoms with Crippen LogP contribution >= 0.6 is 0 Å². The van der Waals surface area contributed by atoms with E-state index >= 15 is 0 Å². The van der Waals surface area contributed by atoms with Crippen LogP contribution in [-0.4, -0.2) is 18.8 Å². The van der Waals surface area contributed by atoms with Crippen molar-refractivity contribution in [2.45, 2.75) is 32.4 Å². The number of rotatable bonds is 4. The van der Waals surface area contributed by atoms with Gasteiger partial charge in [0.2, 0.25) is 0 Å². The lowest BCUT2D eigenvalue weighted by molar-refractivity contribution is 0.0506. The van der Waals surface area contributed by atoms with E-state index in [0.717, 1.165) is 0 Å². The molecule has 2 aromatic rings. The van der Waals surface area contributed by atoms with Gasteiger partial charge in [0.1, 0.15) is 23.2 Å². The van der Waals surface area contributed by atoms with Gasteiger partial charge in [0, 0.05) is 6.07 Å². The van der Waals surface area contributed by atoms with Gasteiger partial charge < -0.3 is 19.2 Å². The summed E-state index contributed by atoms with van der Waals surface area (Å²) in [5, 5.41) is 2.73. The Hall–Kier alpha value is -2.50. The third-order valence-electron chi connectivity index (χ3n) is 2.95. The summed E-state index contributed by atoms with van der Waals surface area (Å²) in [5.74, 6) is 0.416. The monoisotopic (exact) mass is 321 g/mol. The normalized spacial score (nSPS) is 12.6. The van der Waals surface area contributed by atoms with Crippen molar-refractivity contribution in [3.8, 4) is 5.95 Å². The predicted molar refractivity (Wildman–Crippen MR) is 82.9 cm³/mol. The maximum atomic E-state index is 13.1. The van der Waals surface area contributed by atoms with Gasteiger partial charge in [-0.15, -0.1) is 0 Å². The van der Waals surface area contributed by atoms with Crippen LogP contribution in [0.2, 0.25) is 0 Å². The number of furan rings is 1. The molecule has 124 valence electrons. The number of halogens is 1. The van der Waals surface area contributed by atoms with Crippen molar-refractivity contribution in [3.63, 3.8) is 0 Å². The minimum atomic E-state index is -0.627. The molecule has 1 amide bonds. The second-order valence-electron chi connectivity index (χ2n) is 5.99. The zero-order chi connectivity index (χ0) is 17.0. The van der Waals surface area contributed by atoms with Crippen LogP contribution in [0.25, 0.3) is 0 Å². The first-order valence-corrected chi connectivity index (χ1v) is 7.17. The molecule has 0 aliphatic carbocycles. The summed E-state index contributed by atoms with van der Waals surface area (Å²) in [4.78, 5) is 12.1. The highest BCUT2D eigenvalue weighted by atomic mass is 19.1. The maximum Gasteiger partial charge on any atom is 0.408 e. The van der Waals surface area contributed by atoms with Crippen LogP contribution in [0, 0.1) is 5.82 Å². The molecule has 6 heteroatoms. The van der Waals surface area contributed by atoms with Gasteiger partial charge in [-0.2, -0.15) is 0 Å². The Kier molecular flexibility index (Phi) is 4.93. The molecule has 1 aromatic heterocycles. The SMILES string of the molecule is COc1ccc(C(NC(=O)OC(C)(C)C)c2ccc(F)cc2)o1. The van der Waals surface area contributed by atoms with Gasteiger partial charge in [0.25, 0.3) is 5.95 Å². The summed E-state index contributed by atoms with van der Waals surface area (Å²) in [5.41, 5.74) is 0.0347. The number of nitrogens with one attached hydrogen (secondary N) is 1. The number of hydrogen-bond donors (Lipinski definition) is 1. The first-order chi connectivity index (χ1) is 10.8. The number of amides is 1. The fourth-order valence-corrected chi connectivity index (χ4v) is 2.00. The third kappa shape index (κ3) is 4.74. The van der Waals surface area contributed by atoms with E-state index in [2.05, 4.69) is 5.32 Å². The van der Waals surface area contributed by atoms with E-state index in [1.165, 1.54) is 19.2 Å². The van der Waals surface area contributed by atoms with Crippen LogP contribution in [0.4, 0.5) is 9.18 Å². The average Bonchev–Trinajstić information content (AvgIpc) is 2.92. The number of hydrogen-bond acceptors (Lipinski definition) is 4. The molecule has 0 aliphatic heterocycles. The lowest BCUT2D eigenvalue weighted by Gasteiger charge is -2.23. The molecule has 23 heavy (non-hydrogen) atoms.